The molecule has 3 aromatic rings. The highest BCUT2D eigenvalue weighted by atomic mass is 32.2. The van der Waals surface area contributed by atoms with Crippen LogP contribution in [0.25, 0.3) is 11.0 Å². The van der Waals surface area contributed by atoms with E-state index in [1.54, 1.807) is 0 Å². The van der Waals surface area contributed by atoms with Crippen LogP contribution in [0.3, 0.4) is 0 Å². The van der Waals surface area contributed by atoms with Gasteiger partial charge in [-0.15, -0.1) is 0 Å². The highest BCUT2D eigenvalue weighted by Crippen LogP contribution is 2.37. The number of ether oxygens (including phenoxy) is 2. The Bertz CT molecular complexity index is 1260. The molecule has 2 amide bonds. The topological polar surface area (TPSA) is 77.8 Å². The summed E-state index contributed by atoms with van der Waals surface area (Å²) in [7, 11) is 0. The molecule has 1 atom stereocenters. The minimum atomic E-state index is -0.901. The Hall–Kier alpha value is -3.00. The van der Waals surface area contributed by atoms with Gasteiger partial charge in [-0.05, 0) is 65.9 Å². The highest BCUT2D eigenvalue weighted by Gasteiger charge is 2.35. The number of halogens is 1. The number of hydrogen-bond acceptors (Lipinski definition) is 6. The lowest BCUT2D eigenvalue weighted by molar-refractivity contribution is -0.119. The minimum Gasteiger partial charge on any atom is -0.493 e. The van der Waals surface area contributed by atoms with Crippen molar-refractivity contribution in [3.8, 4) is 11.5 Å². The molecule has 0 saturated carbocycles. The van der Waals surface area contributed by atoms with Crippen LogP contribution in [0.5, 0.6) is 11.5 Å². The molecule has 1 fully saturated rings. The van der Waals surface area contributed by atoms with Crippen LogP contribution in [0.15, 0.2) is 41.0 Å². The van der Waals surface area contributed by atoms with E-state index >= 15 is 0 Å². The number of fused-ring (bicyclic) bond motifs is 1. The van der Waals surface area contributed by atoms with Crippen molar-refractivity contribution in [1.29, 1.82) is 0 Å². The Morgan fingerprint density at radius 2 is 1.89 bits per heavy atom. The standard InChI is InChI=1S/C28H32FNO5S/c1-5-7-20-23(11-9-19-17(15-28(2,3)4)16-35-24(19)20)34-13-6-12-33-18-8-10-22(29)21(14-18)25-26(31)30-27(32)36-25/h8-11,14,16,25H,5-7,12-13,15H2,1-4H3,(H,30,31,32). The average molecular weight is 514 g/mol. The van der Waals surface area contributed by atoms with Crippen molar-refractivity contribution >= 4 is 33.9 Å². The molecule has 2 aromatic carbocycles. The van der Waals surface area contributed by atoms with Crippen LogP contribution in [-0.4, -0.2) is 24.4 Å². The zero-order valence-electron chi connectivity index (χ0n) is 21.1. The molecule has 4 rings (SSSR count). The van der Waals surface area contributed by atoms with Crippen LogP contribution in [0, 0.1) is 11.2 Å². The van der Waals surface area contributed by atoms with Crippen molar-refractivity contribution in [3.05, 3.63) is 59.1 Å². The average Bonchev–Trinajstić information content (AvgIpc) is 3.36. The molecule has 0 bridgehead atoms. The van der Waals surface area contributed by atoms with Gasteiger partial charge in [-0.25, -0.2) is 4.39 Å². The lowest BCUT2D eigenvalue weighted by Gasteiger charge is -2.17. The van der Waals surface area contributed by atoms with Crippen LogP contribution in [0.2, 0.25) is 0 Å². The van der Waals surface area contributed by atoms with Crippen LogP contribution in [0.4, 0.5) is 9.18 Å². The molecule has 1 aliphatic heterocycles. The third-order valence-corrected chi connectivity index (χ3v) is 6.88. The third kappa shape index (κ3) is 6.03. The summed E-state index contributed by atoms with van der Waals surface area (Å²) in [5.74, 6) is 0.195. The number of hydrogen-bond donors (Lipinski definition) is 1. The summed E-state index contributed by atoms with van der Waals surface area (Å²) in [5, 5.41) is 1.94. The summed E-state index contributed by atoms with van der Waals surface area (Å²) in [6.07, 6.45) is 5.26. The smallest absolute Gasteiger partial charge is 0.286 e. The van der Waals surface area contributed by atoms with E-state index in [1.165, 1.54) is 23.8 Å². The second-order valence-corrected chi connectivity index (χ2v) is 11.3. The Kier molecular flexibility index (Phi) is 7.93. The second-order valence-electron chi connectivity index (χ2n) is 10.2. The maximum Gasteiger partial charge on any atom is 0.286 e. The zero-order chi connectivity index (χ0) is 25.9. The van der Waals surface area contributed by atoms with E-state index in [-0.39, 0.29) is 11.0 Å². The number of imide groups is 1. The fourth-order valence-electron chi connectivity index (χ4n) is 4.33. The van der Waals surface area contributed by atoms with E-state index < -0.39 is 22.2 Å². The molecule has 1 unspecified atom stereocenters. The molecular formula is C28H32FNO5S. The molecular weight excluding hydrogens is 481 g/mol. The summed E-state index contributed by atoms with van der Waals surface area (Å²) >= 11 is 0.766. The van der Waals surface area contributed by atoms with E-state index in [4.69, 9.17) is 13.9 Å². The number of thioether (sulfide) groups is 1. The fourth-order valence-corrected chi connectivity index (χ4v) is 5.17. The van der Waals surface area contributed by atoms with Gasteiger partial charge in [-0.2, -0.15) is 0 Å². The van der Waals surface area contributed by atoms with E-state index in [1.807, 2.05) is 12.3 Å². The van der Waals surface area contributed by atoms with Gasteiger partial charge >= 0.3 is 0 Å². The van der Waals surface area contributed by atoms with E-state index in [0.29, 0.717) is 25.4 Å². The maximum atomic E-state index is 14.3. The number of amides is 2. The Morgan fingerprint density at radius 3 is 2.58 bits per heavy atom. The number of benzene rings is 2. The Labute approximate surface area is 214 Å². The SMILES string of the molecule is CCCc1c(OCCCOc2ccc(F)c(C3SC(=O)NC3=O)c2)ccc2c(CC(C)(C)C)coc12. The predicted molar refractivity (Wildman–Crippen MR) is 139 cm³/mol. The minimum absolute atomic E-state index is 0.138. The second kappa shape index (κ2) is 10.9. The molecule has 6 nitrogen and oxygen atoms in total. The van der Waals surface area contributed by atoms with Crippen molar-refractivity contribution < 1.29 is 27.9 Å². The third-order valence-electron chi connectivity index (χ3n) is 5.86. The predicted octanol–water partition coefficient (Wildman–Crippen LogP) is 6.99. The van der Waals surface area contributed by atoms with Gasteiger partial charge in [0.1, 0.15) is 28.1 Å². The van der Waals surface area contributed by atoms with Crippen LogP contribution < -0.4 is 14.8 Å². The van der Waals surface area contributed by atoms with Gasteiger partial charge in [0.25, 0.3) is 5.24 Å². The number of carbonyl (C=O) groups excluding carboxylic acids is 2. The number of rotatable bonds is 10. The lowest BCUT2D eigenvalue weighted by atomic mass is 9.88. The van der Waals surface area contributed by atoms with Gasteiger partial charge in [0, 0.05) is 22.9 Å². The molecule has 1 aromatic heterocycles. The van der Waals surface area contributed by atoms with Gasteiger partial charge in [0.05, 0.1) is 19.5 Å². The van der Waals surface area contributed by atoms with E-state index in [0.717, 1.165) is 53.3 Å². The van der Waals surface area contributed by atoms with E-state index in [2.05, 4.69) is 39.1 Å². The summed E-state index contributed by atoms with van der Waals surface area (Å²) in [4.78, 5) is 23.4. The molecule has 8 heteroatoms. The largest absolute Gasteiger partial charge is 0.493 e. The monoisotopic (exact) mass is 513 g/mol. The first-order valence-corrected chi connectivity index (χ1v) is 13.1. The molecule has 0 radical (unpaired) electrons. The van der Waals surface area contributed by atoms with Crippen molar-refractivity contribution in [2.24, 2.45) is 5.41 Å². The molecule has 0 spiro atoms. The summed E-state index contributed by atoms with van der Waals surface area (Å²) in [5.41, 5.74) is 3.50. The first-order chi connectivity index (χ1) is 17.2. The van der Waals surface area contributed by atoms with Crippen molar-refractivity contribution in [2.75, 3.05) is 13.2 Å². The number of nitrogens with one attached hydrogen (secondary N) is 1. The number of carbonyl (C=O) groups is 2. The first-order valence-electron chi connectivity index (χ1n) is 12.2. The summed E-state index contributed by atoms with van der Waals surface area (Å²) in [6.45, 7) is 9.59. The zero-order valence-corrected chi connectivity index (χ0v) is 21.9. The normalized spacial score (nSPS) is 16.0. The highest BCUT2D eigenvalue weighted by molar-refractivity contribution is 8.15. The summed E-state index contributed by atoms with van der Waals surface area (Å²) < 4.78 is 32.1. The van der Waals surface area contributed by atoms with E-state index in [9.17, 15) is 14.0 Å². The molecule has 192 valence electrons. The quantitative estimate of drug-likeness (QED) is 0.295. The molecule has 0 aliphatic carbocycles. The van der Waals surface area contributed by atoms with Crippen molar-refractivity contribution in [3.63, 3.8) is 0 Å². The van der Waals surface area contributed by atoms with Crippen LogP contribution >= 0.6 is 11.8 Å². The molecule has 1 aliphatic rings. The fraction of sp³-hybridized carbons (Fsp3) is 0.429. The lowest BCUT2D eigenvalue weighted by Crippen LogP contribution is -2.21. The Balaban J connectivity index is 1.36. The van der Waals surface area contributed by atoms with Gasteiger partial charge in [0.15, 0.2) is 0 Å². The molecule has 2 heterocycles. The van der Waals surface area contributed by atoms with Gasteiger partial charge in [0.2, 0.25) is 5.91 Å². The molecule has 1 N–H and O–H groups in total. The maximum absolute atomic E-state index is 14.3. The van der Waals surface area contributed by atoms with Crippen LogP contribution in [0.1, 0.15) is 62.5 Å². The number of aryl methyl sites for hydroxylation is 1. The summed E-state index contributed by atoms with van der Waals surface area (Å²) in [6, 6.07) is 8.34. The molecule has 36 heavy (non-hydrogen) atoms. The number of furan rings is 1. The van der Waals surface area contributed by atoms with Gasteiger partial charge in [-0.1, -0.05) is 34.1 Å². The first kappa shape index (κ1) is 26.1. The van der Waals surface area contributed by atoms with Gasteiger partial charge in [-0.3, -0.25) is 14.9 Å². The van der Waals surface area contributed by atoms with Gasteiger partial charge < -0.3 is 13.9 Å². The molecule has 1 saturated heterocycles. The van der Waals surface area contributed by atoms with Crippen molar-refractivity contribution in [1.82, 2.24) is 5.32 Å². The van der Waals surface area contributed by atoms with Crippen molar-refractivity contribution in [2.45, 2.75) is 58.6 Å². The Morgan fingerprint density at radius 1 is 1.11 bits per heavy atom. The van der Waals surface area contributed by atoms with Crippen LogP contribution in [-0.2, 0) is 17.6 Å².